The molecule has 0 aromatic heterocycles. The number of fused-ring (bicyclic) bond motifs is 1. The lowest BCUT2D eigenvalue weighted by Gasteiger charge is -2.56. The van der Waals surface area contributed by atoms with Crippen molar-refractivity contribution >= 4 is 0 Å². The third kappa shape index (κ3) is 2.82. The van der Waals surface area contributed by atoms with Gasteiger partial charge in [-0.3, -0.25) is 9.80 Å². The molecule has 0 N–H and O–H groups in total. The van der Waals surface area contributed by atoms with Crippen LogP contribution in [0, 0.1) is 0 Å². The van der Waals surface area contributed by atoms with Crippen LogP contribution in [0.1, 0.15) is 26.7 Å². The second kappa shape index (κ2) is 5.32. The zero-order valence-corrected chi connectivity index (χ0v) is 12.8. The molecule has 3 aliphatic rings. The molecule has 110 valence electrons. The van der Waals surface area contributed by atoms with E-state index < -0.39 is 0 Å². The van der Waals surface area contributed by atoms with Crippen LogP contribution in [0.15, 0.2) is 0 Å². The van der Waals surface area contributed by atoms with E-state index in [4.69, 9.17) is 4.74 Å². The third-order valence-corrected chi connectivity index (χ3v) is 5.18. The van der Waals surface area contributed by atoms with E-state index >= 15 is 0 Å². The molecule has 0 aromatic carbocycles. The Morgan fingerprint density at radius 3 is 2.47 bits per heavy atom. The standard InChI is InChI=1S/C15H29N3O/c1-15(2)12-16(3)10-14-11-17(6-7-18(14)15)13-4-8-19-9-5-13/h13-14H,4-12H2,1-3H3/t14-/m1/s1. The zero-order valence-electron chi connectivity index (χ0n) is 12.8. The van der Waals surface area contributed by atoms with Gasteiger partial charge in [0.05, 0.1) is 0 Å². The number of hydrogen-bond acceptors (Lipinski definition) is 4. The van der Waals surface area contributed by atoms with Gasteiger partial charge in [-0.05, 0) is 33.7 Å². The molecule has 4 nitrogen and oxygen atoms in total. The lowest BCUT2D eigenvalue weighted by molar-refractivity contribution is -0.0763. The van der Waals surface area contributed by atoms with Crippen LogP contribution < -0.4 is 0 Å². The predicted octanol–water partition coefficient (Wildman–Crippen LogP) is 0.876. The summed E-state index contributed by atoms with van der Waals surface area (Å²) in [5, 5.41) is 0. The first kappa shape index (κ1) is 13.8. The fourth-order valence-corrected chi connectivity index (χ4v) is 4.39. The van der Waals surface area contributed by atoms with E-state index in [0.717, 1.165) is 19.3 Å². The molecule has 0 aromatic rings. The maximum Gasteiger partial charge on any atom is 0.0480 e. The molecule has 3 saturated heterocycles. The summed E-state index contributed by atoms with van der Waals surface area (Å²) in [5.41, 5.74) is 0.333. The van der Waals surface area contributed by atoms with E-state index in [-0.39, 0.29) is 0 Å². The summed E-state index contributed by atoms with van der Waals surface area (Å²) in [6.45, 7) is 12.9. The minimum absolute atomic E-state index is 0.333. The summed E-state index contributed by atoms with van der Waals surface area (Å²) >= 11 is 0. The van der Waals surface area contributed by atoms with Crippen molar-refractivity contribution < 1.29 is 4.74 Å². The number of piperazine rings is 2. The Morgan fingerprint density at radius 2 is 1.74 bits per heavy atom. The van der Waals surface area contributed by atoms with Crippen LogP contribution in [-0.2, 0) is 4.74 Å². The minimum atomic E-state index is 0.333. The molecule has 0 amide bonds. The number of hydrogen-bond donors (Lipinski definition) is 0. The Balaban J connectivity index is 1.65. The average molecular weight is 267 g/mol. The molecule has 0 unspecified atom stereocenters. The van der Waals surface area contributed by atoms with Gasteiger partial charge in [0, 0.05) is 63.6 Å². The van der Waals surface area contributed by atoms with Crippen molar-refractivity contribution in [3.05, 3.63) is 0 Å². The Bertz CT molecular complexity index is 315. The molecule has 0 bridgehead atoms. The summed E-state index contributed by atoms with van der Waals surface area (Å²) in [5.74, 6) is 0. The van der Waals surface area contributed by atoms with Gasteiger partial charge in [0.25, 0.3) is 0 Å². The second-order valence-electron chi connectivity index (χ2n) is 7.19. The highest BCUT2D eigenvalue weighted by molar-refractivity contribution is 4.99. The fraction of sp³-hybridized carbons (Fsp3) is 1.00. The molecule has 3 rings (SSSR count). The van der Waals surface area contributed by atoms with E-state index in [9.17, 15) is 0 Å². The smallest absolute Gasteiger partial charge is 0.0480 e. The minimum Gasteiger partial charge on any atom is -0.381 e. The van der Waals surface area contributed by atoms with Crippen LogP contribution in [0.5, 0.6) is 0 Å². The van der Waals surface area contributed by atoms with E-state index in [1.54, 1.807) is 0 Å². The van der Waals surface area contributed by atoms with Crippen molar-refractivity contribution in [3.63, 3.8) is 0 Å². The van der Waals surface area contributed by atoms with Gasteiger partial charge in [-0.2, -0.15) is 0 Å². The van der Waals surface area contributed by atoms with Gasteiger partial charge in [0.15, 0.2) is 0 Å². The average Bonchev–Trinajstić information content (AvgIpc) is 2.38. The number of likely N-dealkylation sites (N-methyl/N-ethyl adjacent to an activating group) is 1. The van der Waals surface area contributed by atoms with Crippen molar-refractivity contribution in [2.24, 2.45) is 0 Å². The Labute approximate surface area is 117 Å². The molecule has 0 spiro atoms. The maximum atomic E-state index is 5.50. The topological polar surface area (TPSA) is 19.0 Å². The first-order chi connectivity index (χ1) is 9.06. The van der Waals surface area contributed by atoms with Gasteiger partial charge in [0.1, 0.15) is 0 Å². The van der Waals surface area contributed by atoms with Gasteiger partial charge >= 0.3 is 0 Å². The first-order valence-electron chi connectivity index (χ1n) is 7.83. The maximum absolute atomic E-state index is 5.50. The Kier molecular flexibility index (Phi) is 3.87. The fourth-order valence-electron chi connectivity index (χ4n) is 4.39. The largest absolute Gasteiger partial charge is 0.381 e. The molecule has 0 saturated carbocycles. The monoisotopic (exact) mass is 267 g/mol. The first-order valence-corrected chi connectivity index (χ1v) is 7.83. The second-order valence-corrected chi connectivity index (χ2v) is 7.19. The van der Waals surface area contributed by atoms with E-state index in [0.29, 0.717) is 11.6 Å². The molecule has 1 atom stereocenters. The normalized spacial score (nSPS) is 35.2. The number of nitrogens with zero attached hydrogens (tertiary/aromatic N) is 3. The van der Waals surface area contributed by atoms with Crippen LogP contribution >= 0.6 is 0 Å². The molecule has 3 aliphatic heterocycles. The quantitative estimate of drug-likeness (QED) is 0.702. The third-order valence-electron chi connectivity index (χ3n) is 5.18. The van der Waals surface area contributed by atoms with Gasteiger partial charge < -0.3 is 9.64 Å². The molecule has 0 radical (unpaired) electrons. The molecule has 19 heavy (non-hydrogen) atoms. The molecule has 3 fully saturated rings. The lowest BCUT2D eigenvalue weighted by atomic mass is 9.92. The van der Waals surface area contributed by atoms with Crippen molar-refractivity contribution in [2.75, 3.05) is 53.0 Å². The number of ether oxygens (including phenoxy) is 1. The highest BCUT2D eigenvalue weighted by Crippen LogP contribution is 2.29. The Hall–Kier alpha value is -0.160. The van der Waals surface area contributed by atoms with E-state index in [1.165, 1.54) is 45.6 Å². The zero-order chi connectivity index (χ0) is 13.5. The van der Waals surface area contributed by atoms with Crippen molar-refractivity contribution in [1.82, 2.24) is 14.7 Å². The van der Waals surface area contributed by atoms with Gasteiger partial charge in [0.2, 0.25) is 0 Å². The lowest BCUT2D eigenvalue weighted by Crippen LogP contribution is -2.70. The number of rotatable bonds is 1. The van der Waals surface area contributed by atoms with Crippen LogP contribution in [-0.4, -0.2) is 85.3 Å². The summed E-state index contributed by atoms with van der Waals surface area (Å²) in [7, 11) is 2.27. The van der Waals surface area contributed by atoms with Crippen LogP contribution in [0.4, 0.5) is 0 Å². The molecule has 4 heteroatoms. The van der Waals surface area contributed by atoms with Crippen LogP contribution in [0.2, 0.25) is 0 Å². The van der Waals surface area contributed by atoms with E-state index in [1.807, 2.05) is 0 Å². The van der Waals surface area contributed by atoms with Crippen LogP contribution in [0.25, 0.3) is 0 Å². The molecule has 3 heterocycles. The summed E-state index contributed by atoms with van der Waals surface area (Å²) in [6.07, 6.45) is 2.46. The Morgan fingerprint density at radius 1 is 1.00 bits per heavy atom. The van der Waals surface area contributed by atoms with Gasteiger partial charge in [-0.25, -0.2) is 0 Å². The SMILES string of the molecule is CN1C[C@@H]2CN(C3CCOCC3)CCN2C(C)(C)C1. The summed E-state index contributed by atoms with van der Waals surface area (Å²) in [4.78, 5) is 8.00. The molecular formula is C15H29N3O. The van der Waals surface area contributed by atoms with Crippen molar-refractivity contribution in [1.29, 1.82) is 0 Å². The van der Waals surface area contributed by atoms with E-state index in [2.05, 4.69) is 35.6 Å². The van der Waals surface area contributed by atoms with Crippen molar-refractivity contribution in [3.8, 4) is 0 Å². The molecular weight excluding hydrogens is 238 g/mol. The van der Waals surface area contributed by atoms with Gasteiger partial charge in [-0.1, -0.05) is 0 Å². The van der Waals surface area contributed by atoms with Crippen LogP contribution in [0.3, 0.4) is 0 Å². The van der Waals surface area contributed by atoms with Gasteiger partial charge in [-0.15, -0.1) is 0 Å². The summed E-state index contributed by atoms with van der Waals surface area (Å²) < 4.78 is 5.50. The highest BCUT2D eigenvalue weighted by atomic mass is 16.5. The summed E-state index contributed by atoms with van der Waals surface area (Å²) in [6, 6.07) is 1.48. The van der Waals surface area contributed by atoms with Crippen molar-refractivity contribution in [2.45, 2.75) is 44.3 Å². The highest BCUT2D eigenvalue weighted by Gasteiger charge is 2.42. The predicted molar refractivity (Wildman–Crippen MR) is 77.5 cm³/mol. The molecule has 0 aliphatic carbocycles.